The molecule has 0 aromatic heterocycles. The molecule has 0 heterocycles. The number of allylic oxidation sites excluding steroid dienone is 2. The third kappa shape index (κ3) is 5.46. The predicted octanol–water partition coefficient (Wildman–Crippen LogP) is 3.74. The van der Waals surface area contributed by atoms with Gasteiger partial charge in [-0.05, 0) is 0 Å². The van der Waals surface area contributed by atoms with Crippen molar-refractivity contribution < 1.29 is 18.8 Å². The third-order valence-electron chi connectivity index (χ3n) is 3.97. The predicted molar refractivity (Wildman–Crippen MR) is 107 cm³/mol. The fraction of sp³-hybridized carbons (Fsp3) is 0.474. The van der Waals surface area contributed by atoms with Crippen LogP contribution in [0.1, 0.15) is 19.8 Å². The van der Waals surface area contributed by atoms with E-state index in [0.29, 0.717) is 24.5 Å². The Bertz CT molecular complexity index is 684. The second-order valence-electron chi connectivity index (χ2n) is 7.23. The number of carbonyl (C=O) groups excluding carboxylic acids is 2. The molecule has 142 valence electrons. The van der Waals surface area contributed by atoms with Crippen molar-refractivity contribution in [2.45, 2.75) is 43.7 Å². The maximum absolute atomic E-state index is 12.7. The molecule has 0 saturated heterocycles. The van der Waals surface area contributed by atoms with Crippen LogP contribution >= 0.6 is 11.6 Å². The van der Waals surface area contributed by atoms with E-state index in [1.807, 2.05) is 30.3 Å². The van der Waals surface area contributed by atoms with Gasteiger partial charge in [-0.25, -0.2) is 0 Å². The van der Waals surface area contributed by atoms with Crippen molar-refractivity contribution in [1.29, 1.82) is 0 Å². The normalized spacial score (nSPS) is 23.1. The van der Waals surface area contributed by atoms with Gasteiger partial charge in [-0.1, -0.05) is 0 Å². The van der Waals surface area contributed by atoms with Crippen LogP contribution in [-0.2, 0) is 18.8 Å². The molecule has 0 fully saturated rings. The summed E-state index contributed by atoms with van der Waals surface area (Å²) in [6.07, 6.45) is 3.84. The molecule has 0 N–H and O–H groups in total. The summed E-state index contributed by atoms with van der Waals surface area (Å²) in [5.41, 5.74) is 0. The van der Waals surface area contributed by atoms with Crippen LogP contribution in [-0.4, -0.2) is 42.1 Å². The zero-order valence-electron chi connectivity index (χ0n) is 15.6. The zero-order chi connectivity index (χ0) is 19.4. The number of ether oxygens (including phenoxy) is 1. The van der Waals surface area contributed by atoms with Crippen LogP contribution in [0.25, 0.3) is 0 Å². The Morgan fingerprint density at radius 1 is 1.35 bits per heavy atom. The molecule has 1 aromatic carbocycles. The van der Waals surface area contributed by atoms with Crippen LogP contribution < -0.4 is 4.46 Å². The molecule has 2 rings (SSSR count). The van der Waals surface area contributed by atoms with E-state index in [-0.39, 0.29) is 20.9 Å². The van der Waals surface area contributed by atoms with Gasteiger partial charge < -0.3 is 0 Å². The second-order valence-corrected chi connectivity index (χ2v) is 15.1. The summed E-state index contributed by atoms with van der Waals surface area (Å²) in [7, 11) is -1.78. The van der Waals surface area contributed by atoms with Crippen LogP contribution in [0.3, 0.4) is 0 Å². The molecule has 4 nitrogen and oxygen atoms in total. The van der Waals surface area contributed by atoms with Crippen LogP contribution in [0.15, 0.2) is 36.1 Å². The van der Waals surface area contributed by atoms with Crippen molar-refractivity contribution >= 4 is 51.6 Å². The first-order valence-electron chi connectivity index (χ1n) is 8.64. The van der Waals surface area contributed by atoms with Crippen molar-refractivity contribution in [2.24, 2.45) is 5.92 Å². The molecule has 2 atom stereocenters. The van der Waals surface area contributed by atoms with Crippen molar-refractivity contribution in [2.75, 3.05) is 6.61 Å². The SMILES string of the molecule is CCOC(=O)[C@H]1CC(O[Si](C)(C)C)=CC[C@@]1(C=O)[Se]c1ccc(Cl)cc1. The van der Waals surface area contributed by atoms with E-state index in [0.717, 1.165) is 16.5 Å². The molecule has 1 aliphatic carbocycles. The van der Waals surface area contributed by atoms with E-state index < -0.39 is 18.5 Å². The maximum atomic E-state index is 12.7. The van der Waals surface area contributed by atoms with Gasteiger partial charge in [0.2, 0.25) is 0 Å². The number of benzene rings is 1. The molecule has 0 aliphatic heterocycles. The van der Waals surface area contributed by atoms with Crippen molar-refractivity contribution in [3.05, 3.63) is 41.1 Å². The minimum absolute atomic E-state index is 0.224. The van der Waals surface area contributed by atoms with Gasteiger partial charge in [0.1, 0.15) is 0 Å². The Hall–Kier alpha value is -1.07. The minimum atomic E-state index is -1.78. The quantitative estimate of drug-likeness (QED) is 0.354. The number of esters is 1. The summed E-state index contributed by atoms with van der Waals surface area (Å²) < 4.78 is 11.7. The van der Waals surface area contributed by atoms with Gasteiger partial charge in [0, 0.05) is 0 Å². The van der Waals surface area contributed by atoms with E-state index in [4.69, 9.17) is 20.8 Å². The van der Waals surface area contributed by atoms with Crippen molar-refractivity contribution in [3.63, 3.8) is 0 Å². The van der Waals surface area contributed by atoms with Gasteiger partial charge in [0.25, 0.3) is 0 Å². The topological polar surface area (TPSA) is 52.6 Å². The first-order chi connectivity index (χ1) is 12.2. The number of aldehydes is 1. The summed E-state index contributed by atoms with van der Waals surface area (Å²) in [6.45, 7) is 8.39. The molecule has 7 heteroatoms. The van der Waals surface area contributed by atoms with Crippen LogP contribution in [0.4, 0.5) is 0 Å². The average Bonchev–Trinajstić information content (AvgIpc) is 2.57. The van der Waals surface area contributed by atoms with E-state index in [2.05, 4.69) is 19.6 Å². The van der Waals surface area contributed by atoms with E-state index >= 15 is 0 Å². The molecule has 0 saturated carbocycles. The molecule has 0 amide bonds. The summed E-state index contributed by atoms with van der Waals surface area (Å²) >= 11 is 5.74. The monoisotopic (exact) mass is 460 g/mol. The van der Waals surface area contributed by atoms with Gasteiger partial charge >= 0.3 is 168 Å². The van der Waals surface area contributed by atoms with Crippen molar-refractivity contribution in [1.82, 2.24) is 0 Å². The molecule has 0 bridgehead atoms. The Morgan fingerprint density at radius 3 is 2.54 bits per heavy atom. The molecule has 1 aliphatic rings. The van der Waals surface area contributed by atoms with Gasteiger partial charge in [0.05, 0.1) is 0 Å². The number of hydrogen-bond acceptors (Lipinski definition) is 4. The first kappa shape index (κ1) is 21.2. The third-order valence-corrected chi connectivity index (χ3v) is 8.11. The summed E-state index contributed by atoms with van der Waals surface area (Å²) in [6, 6.07) is 7.48. The second kappa shape index (κ2) is 8.74. The van der Waals surface area contributed by atoms with Crippen LogP contribution in [0, 0.1) is 5.92 Å². The molecule has 1 aromatic rings. The number of carbonyl (C=O) groups is 2. The van der Waals surface area contributed by atoms with Gasteiger partial charge in [-0.15, -0.1) is 0 Å². The number of rotatable bonds is 7. The summed E-state index contributed by atoms with van der Waals surface area (Å²) in [5.74, 6) is -0.0289. The molecule has 0 spiro atoms. The summed E-state index contributed by atoms with van der Waals surface area (Å²) in [4.78, 5) is 24.8. The van der Waals surface area contributed by atoms with Gasteiger partial charge in [0.15, 0.2) is 0 Å². The Labute approximate surface area is 167 Å². The van der Waals surface area contributed by atoms with E-state index in [1.54, 1.807) is 6.92 Å². The Balaban J connectivity index is 2.34. The van der Waals surface area contributed by atoms with Gasteiger partial charge in [-0.3, -0.25) is 0 Å². The van der Waals surface area contributed by atoms with E-state index in [9.17, 15) is 9.59 Å². The van der Waals surface area contributed by atoms with Crippen LogP contribution in [0.5, 0.6) is 0 Å². The van der Waals surface area contributed by atoms with E-state index in [1.165, 1.54) is 0 Å². The van der Waals surface area contributed by atoms with Crippen molar-refractivity contribution in [3.8, 4) is 0 Å². The molecule has 0 radical (unpaired) electrons. The average molecular weight is 460 g/mol. The molecule has 26 heavy (non-hydrogen) atoms. The summed E-state index contributed by atoms with van der Waals surface area (Å²) in [5, 5.41) is 0.654. The standard InChI is InChI=1S/C19H25ClO4SeSi/c1-5-23-18(22)17-12-15(24-26(2,3)4)10-11-19(17,13-21)25-16-8-6-14(20)7-9-16/h6-10,13,17H,5,11-12H2,1-4H3/t17-,19+/m1/s1. The number of hydrogen-bond donors (Lipinski definition) is 0. The molecular formula is C19H25ClO4SeSi. The van der Waals surface area contributed by atoms with Gasteiger partial charge in [-0.2, -0.15) is 0 Å². The Morgan fingerprint density at radius 2 is 2.00 bits per heavy atom. The Kier molecular flexibility index (Phi) is 7.14. The zero-order valence-corrected chi connectivity index (χ0v) is 19.1. The number of halogens is 1. The fourth-order valence-corrected chi connectivity index (χ4v) is 6.56. The molecule has 0 unspecified atom stereocenters. The van der Waals surface area contributed by atoms with Crippen LogP contribution in [0.2, 0.25) is 29.0 Å². The first-order valence-corrected chi connectivity index (χ1v) is 14.1. The fourth-order valence-electron chi connectivity index (χ4n) is 2.86. The molecular weight excluding hydrogens is 435 g/mol.